The van der Waals surface area contributed by atoms with Crippen molar-refractivity contribution in [2.24, 2.45) is 0 Å². The van der Waals surface area contributed by atoms with Crippen molar-refractivity contribution in [1.82, 2.24) is 9.80 Å². The minimum atomic E-state index is -0.496. The SMILES string of the molecule is O=C(Cc1ccc2c(c1)OCO2)N1C[C@@H](O)[C@H](N2CCOCC2)C1. The lowest BCUT2D eigenvalue weighted by molar-refractivity contribution is -0.129. The zero-order valence-corrected chi connectivity index (χ0v) is 13.5. The van der Waals surface area contributed by atoms with Crippen LogP contribution in [-0.2, 0) is 16.0 Å². The van der Waals surface area contributed by atoms with Crippen molar-refractivity contribution in [3.8, 4) is 11.5 Å². The number of benzene rings is 1. The van der Waals surface area contributed by atoms with Crippen LogP contribution in [0.5, 0.6) is 11.5 Å². The molecule has 2 fully saturated rings. The maximum absolute atomic E-state index is 12.6. The Morgan fingerprint density at radius 1 is 1.17 bits per heavy atom. The molecule has 0 aliphatic carbocycles. The number of amides is 1. The molecule has 2 saturated heterocycles. The zero-order valence-electron chi connectivity index (χ0n) is 13.5. The van der Waals surface area contributed by atoms with Gasteiger partial charge >= 0.3 is 0 Å². The Hall–Kier alpha value is -1.83. The van der Waals surface area contributed by atoms with E-state index in [4.69, 9.17) is 14.2 Å². The van der Waals surface area contributed by atoms with Gasteiger partial charge in [-0.05, 0) is 17.7 Å². The summed E-state index contributed by atoms with van der Waals surface area (Å²) in [5.41, 5.74) is 0.897. The highest BCUT2D eigenvalue weighted by atomic mass is 16.7. The standard InChI is InChI=1S/C17H22N2O5/c20-14-10-19(9-13(14)18-3-5-22-6-4-18)17(21)8-12-1-2-15-16(7-12)24-11-23-15/h1-2,7,13-14,20H,3-6,8-11H2/t13-,14-/m1/s1. The van der Waals surface area contributed by atoms with E-state index in [0.29, 0.717) is 38.5 Å². The molecule has 1 N–H and O–H groups in total. The summed E-state index contributed by atoms with van der Waals surface area (Å²) in [5.74, 6) is 1.44. The summed E-state index contributed by atoms with van der Waals surface area (Å²) >= 11 is 0. The van der Waals surface area contributed by atoms with Gasteiger partial charge < -0.3 is 24.2 Å². The fraction of sp³-hybridized carbons (Fsp3) is 0.588. The number of aliphatic hydroxyl groups excluding tert-OH is 1. The van der Waals surface area contributed by atoms with Crippen molar-refractivity contribution in [3.63, 3.8) is 0 Å². The van der Waals surface area contributed by atoms with Crippen LogP contribution in [0, 0.1) is 0 Å². The lowest BCUT2D eigenvalue weighted by Gasteiger charge is -2.33. The minimum absolute atomic E-state index is 0.00889. The maximum atomic E-state index is 12.6. The van der Waals surface area contributed by atoms with E-state index in [0.717, 1.165) is 24.4 Å². The number of nitrogens with zero attached hydrogens (tertiary/aromatic N) is 2. The summed E-state index contributed by atoms with van der Waals surface area (Å²) in [7, 11) is 0. The number of fused-ring (bicyclic) bond motifs is 1. The van der Waals surface area contributed by atoms with Gasteiger partial charge in [0.1, 0.15) is 0 Å². The molecule has 7 heteroatoms. The van der Waals surface area contributed by atoms with Crippen molar-refractivity contribution in [3.05, 3.63) is 23.8 Å². The molecule has 130 valence electrons. The number of hydrogen-bond donors (Lipinski definition) is 1. The number of ether oxygens (including phenoxy) is 3. The molecule has 3 aliphatic heterocycles. The average Bonchev–Trinajstić information content (AvgIpc) is 3.21. The van der Waals surface area contributed by atoms with Crippen LogP contribution in [-0.4, -0.2) is 79.1 Å². The lowest BCUT2D eigenvalue weighted by atomic mass is 10.1. The zero-order chi connectivity index (χ0) is 16.5. The summed E-state index contributed by atoms with van der Waals surface area (Å²) in [6.45, 7) is 4.20. The van der Waals surface area contributed by atoms with Crippen molar-refractivity contribution in [2.75, 3.05) is 46.2 Å². The Morgan fingerprint density at radius 3 is 2.79 bits per heavy atom. The molecule has 0 radical (unpaired) electrons. The van der Waals surface area contributed by atoms with E-state index in [1.54, 1.807) is 4.90 Å². The second-order valence-corrected chi connectivity index (χ2v) is 6.45. The molecule has 2 atom stereocenters. The second-order valence-electron chi connectivity index (χ2n) is 6.45. The summed E-state index contributed by atoms with van der Waals surface area (Å²) in [5, 5.41) is 10.3. The van der Waals surface area contributed by atoms with Crippen LogP contribution in [0.3, 0.4) is 0 Å². The predicted molar refractivity (Wildman–Crippen MR) is 85.0 cm³/mol. The van der Waals surface area contributed by atoms with Crippen molar-refractivity contribution >= 4 is 5.91 Å². The van der Waals surface area contributed by atoms with Crippen molar-refractivity contribution in [1.29, 1.82) is 0 Å². The van der Waals surface area contributed by atoms with Crippen LogP contribution in [0.2, 0.25) is 0 Å². The first-order valence-electron chi connectivity index (χ1n) is 8.37. The van der Waals surface area contributed by atoms with Gasteiger partial charge in [-0.1, -0.05) is 6.07 Å². The Bertz CT molecular complexity index is 617. The molecule has 3 aliphatic rings. The second kappa shape index (κ2) is 6.58. The van der Waals surface area contributed by atoms with Gasteiger partial charge in [0.15, 0.2) is 11.5 Å². The lowest BCUT2D eigenvalue weighted by Crippen LogP contribution is -2.49. The van der Waals surface area contributed by atoms with Gasteiger partial charge in [-0.2, -0.15) is 0 Å². The molecule has 1 amide bonds. The van der Waals surface area contributed by atoms with Crippen LogP contribution in [0.1, 0.15) is 5.56 Å². The molecular weight excluding hydrogens is 312 g/mol. The Kier molecular flexibility index (Phi) is 4.30. The predicted octanol–water partition coefficient (Wildman–Crippen LogP) is -0.138. The number of carbonyl (C=O) groups is 1. The topological polar surface area (TPSA) is 71.5 Å². The Balaban J connectivity index is 1.38. The number of β-amino-alcohol motifs (C(OH)–C–C–N with tert-alkyl or cyclic N) is 1. The van der Waals surface area contributed by atoms with Gasteiger partial charge in [-0.15, -0.1) is 0 Å². The van der Waals surface area contributed by atoms with Gasteiger partial charge in [0.25, 0.3) is 0 Å². The van der Waals surface area contributed by atoms with E-state index in [2.05, 4.69) is 4.90 Å². The summed E-state index contributed by atoms with van der Waals surface area (Å²) in [6, 6.07) is 5.58. The summed E-state index contributed by atoms with van der Waals surface area (Å²) in [6.07, 6.45) is -0.192. The highest BCUT2D eigenvalue weighted by Gasteiger charge is 2.38. The fourth-order valence-electron chi connectivity index (χ4n) is 3.58. The molecule has 0 unspecified atom stereocenters. The number of aliphatic hydroxyl groups is 1. The first-order chi connectivity index (χ1) is 11.7. The van der Waals surface area contributed by atoms with Gasteiger partial charge in [0, 0.05) is 26.2 Å². The fourth-order valence-corrected chi connectivity index (χ4v) is 3.58. The van der Waals surface area contributed by atoms with Crippen LogP contribution in [0.4, 0.5) is 0 Å². The molecule has 1 aromatic carbocycles. The van der Waals surface area contributed by atoms with E-state index in [1.165, 1.54) is 0 Å². The van der Waals surface area contributed by atoms with Gasteiger partial charge in [0.05, 0.1) is 31.8 Å². The molecule has 1 aromatic rings. The molecule has 0 aromatic heterocycles. The van der Waals surface area contributed by atoms with Crippen molar-refractivity contribution in [2.45, 2.75) is 18.6 Å². The molecular formula is C17H22N2O5. The molecule has 7 nitrogen and oxygen atoms in total. The molecule has 4 rings (SSSR count). The Labute approximate surface area is 140 Å². The van der Waals surface area contributed by atoms with Crippen LogP contribution in [0.15, 0.2) is 18.2 Å². The maximum Gasteiger partial charge on any atom is 0.231 e. The first kappa shape index (κ1) is 15.7. The van der Waals surface area contributed by atoms with Crippen LogP contribution in [0.25, 0.3) is 0 Å². The molecule has 3 heterocycles. The summed E-state index contributed by atoms with van der Waals surface area (Å²) in [4.78, 5) is 16.6. The number of carbonyl (C=O) groups excluding carboxylic acids is 1. The van der Waals surface area contributed by atoms with Gasteiger partial charge in [0.2, 0.25) is 12.7 Å². The smallest absolute Gasteiger partial charge is 0.231 e. The third-order valence-corrected chi connectivity index (χ3v) is 4.92. The monoisotopic (exact) mass is 334 g/mol. The quantitative estimate of drug-likeness (QED) is 0.830. The van der Waals surface area contributed by atoms with E-state index in [-0.39, 0.29) is 18.7 Å². The summed E-state index contributed by atoms with van der Waals surface area (Å²) < 4.78 is 16.0. The normalized spacial score (nSPS) is 26.8. The first-order valence-corrected chi connectivity index (χ1v) is 8.37. The highest BCUT2D eigenvalue weighted by Crippen LogP contribution is 2.32. The number of likely N-dealkylation sites (tertiary alicyclic amines) is 1. The van der Waals surface area contributed by atoms with E-state index in [1.807, 2.05) is 18.2 Å². The number of morpholine rings is 1. The molecule has 0 bridgehead atoms. The van der Waals surface area contributed by atoms with E-state index >= 15 is 0 Å². The average molecular weight is 334 g/mol. The number of rotatable bonds is 3. The number of hydrogen-bond acceptors (Lipinski definition) is 6. The third kappa shape index (κ3) is 3.07. The van der Waals surface area contributed by atoms with Crippen LogP contribution >= 0.6 is 0 Å². The Morgan fingerprint density at radius 2 is 1.96 bits per heavy atom. The largest absolute Gasteiger partial charge is 0.454 e. The van der Waals surface area contributed by atoms with Crippen molar-refractivity contribution < 1.29 is 24.1 Å². The molecule has 0 saturated carbocycles. The van der Waals surface area contributed by atoms with Gasteiger partial charge in [-0.3, -0.25) is 9.69 Å². The van der Waals surface area contributed by atoms with Crippen LogP contribution < -0.4 is 9.47 Å². The molecule has 0 spiro atoms. The minimum Gasteiger partial charge on any atom is -0.454 e. The molecule has 24 heavy (non-hydrogen) atoms. The van der Waals surface area contributed by atoms with E-state index < -0.39 is 6.10 Å². The van der Waals surface area contributed by atoms with Gasteiger partial charge in [-0.25, -0.2) is 0 Å². The van der Waals surface area contributed by atoms with E-state index in [9.17, 15) is 9.90 Å². The third-order valence-electron chi connectivity index (χ3n) is 4.92. The highest BCUT2D eigenvalue weighted by molar-refractivity contribution is 5.79.